The van der Waals surface area contributed by atoms with Crippen LogP contribution in [-0.2, 0) is 9.59 Å². The molecule has 1 heterocycles. The molecule has 0 bridgehead atoms. The summed E-state index contributed by atoms with van der Waals surface area (Å²) in [6.07, 6.45) is 1.38. The number of anilines is 1. The molecule has 0 saturated heterocycles. The number of aryl methyl sites for hydroxylation is 2. The van der Waals surface area contributed by atoms with E-state index in [1.54, 1.807) is 6.92 Å². The van der Waals surface area contributed by atoms with Gasteiger partial charge in [0.1, 0.15) is 0 Å². The Morgan fingerprint density at radius 1 is 1.00 bits per heavy atom. The zero-order chi connectivity index (χ0) is 11.9. The third kappa shape index (κ3) is 1.45. The number of rotatable bonds is 1. The van der Waals surface area contributed by atoms with Crippen molar-refractivity contribution in [2.24, 2.45) is 0 Å². The molecule has 2 rings (SSSR count). The van der Waals surface area contributed by atoms with E-state index in [0.717, 1.165) is 11.1 Å². The molecule has 1 aliphatic rings. The van der Waals surface area contributed by atoms with Crippen molar-refractivity contribution < 1.29 is 9.59 Å². The van der Waals surface area contributed by atoms with Gasteiger partial charge in [0.2, 0.25) is 0 Å². The van der Waals surface area contributed by atoms with E-state index in [-0.39, 0.29) is 11.8 Å². The highest BCUT2D eigenvalue weighted by atomic mass is 16.2. The highest BCUT2D eigenvalue weighted by Gasteiger charge is 2.31. The minimum Gasteiger partial charge on any atom is -0.269 e. The fourth-order valence-corrected chi connectivity index (χ4v) is 1.96. The average Bonchev–Trinajstić information content (AvgIpc) is 2.44. The summed E-state index contributed by atoms with van der Waals surface area (Å²) in [5, 5.41) is 0. The quantitative estimate of drug-likeness (QED) is 0.673. The van der Waals surface area contributed by atoms with E-state index in [1.807, 2.05) is 32.0 Å². The number of para-hydroxylation sites is 1. The van der Waals surface area contributed by atoms with Gasteiger partial charge in [-0.1, -0.05) is 18.2 Å². The summed E-state index contributed by atoms with van der Waals surface area (Å²) in [4.78, 5) is 24.8. The van der Waals surface area contributed by atoms with Crippen LogP contribution in [0.25, 0.3) is 0 Å². The molecular formula is C13H13NO2. The first-order valence-corrected chi connectivity index (χ1v) is 5.15. The number of carbonyl (C=O) groups is 2. The zero-order valence-electron chi connectivity index (χ0n) is 9.57. The van der Waals surface area contributed by atoms with Crippen molar-refractivity contribution in [1.82, 2.24) is 0 Å². The van der Waals surface area contributed by atoms with Gasteiger partial charge in [-0.05, 0) is 31.9 Å². The number of amides is 2. The van der Waals surface area contributed by atoms with Crippen LogP contribution in [0.3, 0.4) is 0 Å². The largest absolute Gasteiger partial charge is 0.269 e. The highest BCUT2D eigenvalue weighted by molar-refractivity contribution is 6.30. The zero-order valence-corrected chi connectivity index (χ0v) is 9.57. The standard InChI is InChI=1S/C13H13NO2/c1-8-5-4-6-9(2)12(8)14-11(15)7-10(3)13(14)16/h4-7H,1-3H3. The Bertz CT molecular complexity index is 494. The first-order valence-electron chi connectivity index (χ1n) is 5.15. The van der Waals surface area contributed by atoms with Crippen LogP contribution >= 0.6 is 0 Å². The van der Waals surface area contributed by atoms with Crippen LogP contribution < -0.4 is 4.90 Å². The van der Waals surface area contributed by atoms with E-state index >= 15 is 0 Å². The van der Waals surface area contributed by atoms with E-state index in [1.165, 1.54) is 11.0 Å². The molecule has 1 aromatic carbocycles. The molecule has 3 heteroatoms. The molecule has 0 aliphatic carbocycles. The van der Waals surface area contributed by atoms with Crippen molar-refractivity contribution in [1.29, 1.82) is 0 Å². The molecule has 1 aromatic rings. The number of nitrogens with zero attached hydrogens (tertiary/aromatic N) is 1. The topological polar surface area (TPSA) is 37.4 Å². The van der Waals surface area contributed by atoms with Gasteiger partial charge in [-0.15, -0.1) is 0 Å². The van der Waals surface area contributed by atoms with E-state index in [9.17, 15) is 9.59 Å². The predicted molar refractivity (Wildman–Crippen MR) is 62.2 cm³/mol. The van der Waals surface area contributed by atoms with E-state index in [2.05, 4.69) is 0 Å². The van der Waals surface area contributed by atoms with Crippen LogP contribution in [-0.4, -0.2) is 11.8 Å². The van der Waals surface area contributed by atoms with Crippen molar-refractivity contribution in [3.8, 4) is 0 Å². The normalized spacial score (nSPS) is 15.7. The molecule has 1 aliphatic heterocycles. The molecule has 82 valence electrons. The molecule has 0 radical (unpaired) electrons. The van der Waals surface area contributed by atoms with Crippen molar-refractivity contribution in [2.45, 2.75) is 20.8 Å². The van der Waals surface area contributed by atoms with Crippen molar-refractivity contribution in [3.05, 3.63) is 41.0 Å². The minimum atomic E-state index is -0.250. The summed E-state index contributed by atoms with van der Waals surface area (Å²) in [6.45, 7) is 5.46. The van der Waals surface area contributed by atoms with Gasteiger partial charge in [0.15, 0.2) is 0 Å². The van der Waals surface area contributed by atoms with Crippen LogP contribution in [0.4, 0.5) is 5.69 Å². The van der Waals surface area contributed by atoms with Crippen LogP contribution in [0.15, 0.2) is 29.8 Å². The molecular weight excluding hydrogens is 202 g/mol. The van der Waals surface area contributed by atoms with Gasteiger partial charge in [-0.3, -0.25) is 9.59 Å². The molecule has 0 N–H and O–H groups in total. The lowest BCUT2D eigenvalue weighted by Gasteiger charge is -2.19. The fraction of sp³-hybridized carbons (Fsp3) is 0.231. The fourth-order valence-electron chi connectivity index (χ4n) is 1.96. The highest BCUT2D eigenvalue weighted by Crippen LogP contribution is 2.28. The monoisotopic (exact) mass is 215 g/mol. The van der Waals surface area contributed by atoms with Gasteiger partial charge in [0.05, 0.1) is 5.69 Å². The summed E-state index contributed by atoms with van der Waals surface area (Å²) in [7, 11) is 0. The van der Waals surface area contributed by atoms with Crippen LogP contribution in [0.1, 0.15) is 18.1 Å². The SMILES string of the molecule is CC1=CC(=O)N(c2c(C)cccc2C)C1=O. The lowest BCUT2D eigenvalue weighted by atomic mass is 10.1. The van der Waals surface area contributed by atoms with Gasteiger partial charge in [-0.2, -0.15) is 0 Å². The maximum atomic E-state index is 11.9. The Morgan fingerprint density at radius 2 is 1.56 bits per heavy atom. The van der Waals surface area contributed by atoms with Gasteiger partial charge >= 0.3 is 0 Å². The Morgan fingerprint density at radius 3 is 2.00 bits per heavy atom. The summed E-state index contributed by atoms with van der Waals surface area (Å²) < 4.78 is 0. The third-order valence-electron chi connectivity index (χ3n) is 2.76. The van der Waals surface area contributed by atoms with E-state index in [0.29, 0.717) is 11.3 Å². The van der Waals surface area contributed by atoms with Gasteiger partial charge in [0.25, 0.3) is 11.8 Å². The van der Waals surface area contributed by atoms with Crippen LogP contribution in [0, 0.1) is 13.8 Å². The second kappa shape index (κ2) is 3.59. The summed E-state index contributed by atoms with van der Waals surface area (Å²) in [6, 6.07) is 5.71. The van der Waals surface area contributed by atoms with Crippen molar-refractivity contribution in [2.75, 3.05) is 4.90 Å². The Hall–Kier alpha value is -1.90. The average molecular weight is 215 g/mol. The lowest BCUT2D eigenvalue weighted by molar-refractivity contribution is -0.120. The Labute approximate surface area is 94.4 Å². The molecule has 0 aromatic heterocycles. The first kappa shape index (κ1) is 10.6. The van der Waals surface area contributed by atoms with Gasteiger partial charge < -0.3 is 0 Å². The summed E-state index contributed by atoms with van der Waals surface area (Å²) in [5.74, 6) is -0.470. The Balaban J connectivity index is 2.55. The molecule has 0 saturated carbocycles. The number of benzene rings is 1. The molecule has 2 amide bonds. The molecule has 0 atom stereocenters. The van der Waals surface area contributed by atoms with Crippen molar-refractivity contribution in [3.63, 3.8) is 0 Å². The summed E-state index contributed by atoms with van der Waals surface area (Å²) >= 11 is 0. The van der Waals surface area contributed by atoms with Crippen LogP contribution in [0.5, 0.6) is 0 Å². The van der Waals surface area contributed by atoms with Crippen molar-refractivity contribution >= 4 is 17.5 Å². The predicted octanol–water partition coefficient (Wildman–Crippen LogP) is 2.12. The molecule has 0 unspecified atom stereocenters. The lowest BCUT2D eigenvalue weighted by Crippen LogP contribution is -2.31. The van der Waals surface area contributed by atoms with E-state index in [4.69, 9.17) is 0 Å². The smallest absolute Gasteiger partial charge is 0.261 e. The number of hydrogen-bond donors (Lipinski definition) is 0. The molecule has 0 fully saturated rings. The Kier molecular flexibility index (Phi) is 2.38. The number of imide groups is 1. The molecule has 16 heavy (non-hydrogen) atoms. The second-order valence-corrected chi connectivity index (χ2v) is 4.05. The maximum absolute atomic E-state index is 11.9. The third-order valence-corrected chi connectivity index (χ3v) is 2.76. The first-order chi connectivity index (χ1) is 7.52. The second-order valence-electron chi connectivity index (χ2n) is 4.05. The number of hydrogen-bond acceptors (Lipinski definition) is 2. The van der Waals surface area contributed by atoms with E-state index < -0.39 is 0 Å². The summed E-state index contributed by atoms with van der Waals surface area (Å²) in [5.41, 5.74) is 3.08. The minimum absolute atomic E-state index is 0.220. The van der Waals surface area contributed by atoms with Gasteiger partial charge in [-0.25, -0.2) is 4.90 Å². The maximum Gasteiger partial charge on any atom is 0.261 e. The molecule has 0 spiro atoms. The van der Waals surface area contributed by atoms with Crippen LogP contribution in [0.2, 0.25) is 0 Å². The molecule has 3 nitrogen and oxygen atoms in total. The number of carbonyl (C=O) groups excluding carboxylic acids is 2. The van der Waals surface area contributed by atoms with Gasteiger partial charge in [0, 0.05) is 11.6 Å².